The van der Waals surface area contributed by atoms with Gasteiger partial charge in [-0.05, 0) is 25.7 Å². The molecule has 0 spiro atoms. The second-order valence-corrected chi connectivity index (χ2v) is 3.24. The van der Waals surface area contributed by atoms with Gasteiger partial charge in [-0.1, -0.05) is 33.7 Å². The van der Waals surface area contributed by atoms with Crippen molar-refractivity contribution in [3.8, 4) is 36.0 Å². The molecule has 0 N–H and O–H groups in total. The molecule has 0 aliphatic rings. The first-order valence-corrected chi connectivity index (χ1v) is 4.88. The normalized spacial score (nSPS) is 8.77. The molecule has 0 saturated carbocycles. The van der Waals surface area contributed by atoms with Crippen molar-refractivity contribution in [2.75, 3.05) is 11.9 Å². The van der Waals surface area contributed by atoms with E-state index in [2.05, 4.69) is 45.5 Å². The Bertz CT molecular complexity index is 301. The van der Waals surface area contributed by atoms with Crippen LogP contribution in [0.5, 0.6) is 0 Å². The van der Waals surface area contributed by atoms with E-state index in [-0.39, 0.29) is 0 Å². The monoisotopic (exact) mass is 238 g/mol. The van der Waals surface area contributed by atoms with E-state index in [1.54, 1.807) is 0 Å². The van der Waals surface area contributed by atoms with Crippen LogP contribution in [0.1, 0.15) is 13.8 Å². The van der Waals surface area contributed by atoms with E-state index < -0.39 is 5.60 Å². The number of halogens is 1. The van der Waals surface area contributed by atoms with Crippen LogP contribution in [-0.2, 0) is 4.74 Å². The topological polar surface area (TPSA) is 9.23 Å². The van der Waals surface area contributed by atoms with Crippen molar-refractivity contribution in [3.63, 3.8) is 0 Å². The molecular weight excluding hydrogens is 228 g/mol. The Hall–Kier alpha value is -0.880. The van der Waals surface area contributed by atoms with Crippen LogP contribution < -0.4 is 0 Å². The first kappa shape index (κ1) is 12.1. The van der Waals surface area contributed by atoms with Gasteiger partial charge < -0.3 is 4.74 Å². The van der Waals surface area contributed by atoms with E-state index in [9.17, 15) is 0 Å². The first-order chi connectivity index (χ1) is 6.12. The maximum Gasteiger partial charge on any atom is 0.124 e. The van der Waals surface area contributed by atoms with Crippen LogP contribution in [0.2, 0.25) is 0 Å². The molecule has 2 heteroatoms. The maximum absolute atomic E-state index is 5.27. The van der Waals surface area contributed by atoms with Gasteiger partial charge in [-0.15, -0.1) is 6.42 Å². The van der Waals surface area contributed by atoms with Crippen LogP contribution in [0.25, 0.3) is 0 Å². The lowest BCUT2D eigenvalue weighted by Crippen LogP contribution is -2.21. The smallest absolute Gasteiger partial charge is 0.124 e. The first-order valence-electron chi connectivity index (χ1n) is 3.76. The summed E-state index contributed by atoms with van der Waals surface area (Å²) in [6.07, 6.45) is 5.21. The lowest BCUT2D eigenvalue weighted by Gasteiger charge is -2.15. The fourth-order valence-electron chi connectivity index (χ4n) is 0.416. The third kappa shape index (κ3) is 7.48. The molecule has 0 aliphatic carbocycles. The average Bonchev–Trinajstić information content (AvgIpc) is 2.11. The molecule has 0 unspecified atom stereocenters. The van der Waals surface area contributed by atoms with Gasteiger partial charge >= 0.3 is 0 Å². The Balaban J connectivity index is 3.79. The number of hydrogen-bond acceptors (Lipinski definition) is 1. The largest absolute Gasteiger partial charge is 0.350 e. The van der Waals surface area contributed by atoms with Gasteiger partial charge in [0.05, 0.1) is 5.33 Å². The van der Waals surface area contributed by atoms with Gasteiger partial charge in [-0.3, -0.25) is 0 Å². The van der Waals surface area contributed by atoms with Crippen LogP contribution in [-0.4, -0.2) is 17.5 Å². The van der Waals surface area contributed by atoms with E-state index >= 15 is 0 Å². The summed E-state index contributed by atoms with van der Waals surface area (Å²) in [5.74, 6) is 13.3. The van der Waals surface area contributed by atoms with Crippen LogP contribution in [0.15, 0.2) is 0 Å². The highest BCUT2D eigenvalue weighted by Gasteiger charge is 2.11. The zero-order valence-corrected chi connectivity index (χ0v) is 9.36. The highest BCUT2D eigenvalue weighted by Crippen LogP contribution is 2.04. The number of rotatable bonds is 2. The van der Waals surface area contributed by atoms with E-state index in [1.165, 1.54) is 0 Å². The SMILES string of the molecule is C#CC(C)(C)OCC#CC#CCBr. The Morgan fingerprint density at radius 1 is 1.31 bits per heavy atom. The Morgan fingerprint density at radius 2 is 1.92 bits per heavy atom. The molecule has 1 nitrogen and oxygen atoms in total. The molecule has 0 rings (SSSR count). The zero-order valence-electron chi connectivity index (χ0n) is 7.78. The number of hydrogen-bond donors (Lipinski definition) is 0. The molecule has 13 heavy (non-hydrogen) atoms. The van der Waals surface area contributed by atoms with Gasteiger partial charge in [-0.2, -0.15) is 0 Å². The molecule has 0 heterocycles. The quantitative estimate of drug-likeness (QED) is 0.527. The van der Waals surface area contributed by atoms with Crippen LogP contribution in [0.3, 0.4) is 0 Å². The predicted molar refractivity (Wildman–Crippen MR) is 58.2 cm³/mol. The molecule has 0 fully saturated rings. The zero-order chi connectivity index (χ0) is 10.2. The van der Waals surface area contributed by atoms with E-state index in [1.807, 2.05) is 13.8 Å². The van der Waals surface area contributed by atoms with Crippen molar-refractivity contribution in [1.82, 2.24) is 0 Å². The van der Waals surface area contributed by atoms with Gasteiger partial charge in [0.2, 0.25) is 0 Å². The summed E-state index contributed by atoms with van der Waals surface area (Å²) in [6, 6.07) is 0. The van der Waals surface area contributed by atoms with Crippen molar-refractivity contribution < 1.29 is 4.74 Å². The fourth-order valence-corrected chi connectivity index (χ4v) is 0.556. The summed E-state index contributed by atoms with van der Waals surface area (Å²) in [5, 5.41) is 0.637. The summed E-state index contributed by atoms with van der Waals surface area (Å²) in [7, 11) is 0. The standard InChI is InChI=1S/C11H11BrO/c1-4-11(2,3)13-10-8-6-5-7-9-12/h1H,9-10H2,2-3H3. The van der Waals surface area contributed by atoms with Gasteiger partial charge in [-0.25, -0.2) is 0 Å². The van der Waals surface area contributed by atoms with Crippen molar-refractivity contribution >= 4 is 15.9 Å². The number of alkyl halides is 1. The molecule has 0 bridgehead atoms. The van der Waals surface area contributed by atoms with E-state index in [0.717, 1.165) is 0 Å². The average molecular weight is 239 g/mol. The third-order valence-corrected chi connectivity index (χ3v) is 1.44. The van der Waals surface area contributed by atoms with Crippen molar-refractivity contribution in [2.24, 2.45) is 0 Å². The van der Waals surface area contributed by atoms with Gasteiger partial charge in [0.25, 0.3) is 0 Å². The Kier molecular flexibility index (Phi) is 6.17. The van der Waals surface area contributed by atoms with Crippen molar-refractivity contribution in [1.29, 1.82) is 0 Å². The highest BCUT2D eigenvalue weighted by atomic mass is 79.9. The molecule has 0 aromatic rings. The molecule has 0 atom stereocenters. The molecule has 0 amide bonds. The summed E-state index contributed by atoms with van der Waals surface area (Å²) >= 11 is 3.16. The molecular formula is C11H11BrO. The van der Waals surface area contributed by atoms with E-state index in [4.69, 9.17) is 11.2 Å². The lowest BCUT2D eigenvalue weighted by atomic mass is 10.1. The van der Waals surface area contributed by atoms with Gasteiger partial charge in [0.1, 0.15) is 12.2 Å². The lowest BCUT2D eigenvalue weighted by molar-refractivity contribution is 0.0505. The highest BCUT2D eigenvalue weighted by molar-refractivity contribution is 9.09. The van der Waals surface area contributed by atoms with Crippen molar-refractivity contribution in [3.05, 3.63) is 0 Å². The third-order valence-electron chi connectivity index (χ3n) is 1.16. The van der Waals surface area contributed by atoms with Crippen LogP contribution >= 0.6 is 15.9 Å². The Labute approximate surface area is 88.4 Å². The number of ether oxygens (including phenoxy) is 1. The number of terminal acetylenes is 1. The minimum Gasteiger partial charge on any atom is -0.350 e. The summed E-state index contributed by atoms with van der Waals surface area (Å²) < 4.78 is 5.27. The summed E-state index contributed by atoms with van der Waals surface area (Å²) in [5.41, 5.74) is -0.544. The second kappa shape index (κ2) is 6.62. The minimum absolute atomic E-state index is 0.314. The fraction of sp³-hybridized carbons (Fsp3) is 0.455. The van der Waals surface area contributed by atoms with E-state index in [0.29, 0.717) is 11.9 Å². The van der Waals surface area contributed by atoms with Crippen molar-refractivity contribution in [2.45, 2.75) is 19.4 Å². The summed E-state index contributed by atoms with van der Waals surface area (Å²) in [6.45, 7) is 3.95. The van der Waals surface area contributed by atoms with Crippen LogP contribution in [0, 0.1) is 36.0 Å². The molecule has 0 saturated heterocycles. The second-order valence-electron chi connectivity index (χ2n) is 2.68. The molecule has 0 aromatic carbocycles. The minimum atomic E-state index is -0.544. The van der Waals surface area contributed by atoms with Crippen LogP contribution in [0.4, 0.5) is 0 Å². The maximum atomic E-state index is 5.27. The predicted octanol–water partition coefficient (Wildman–Crippen LogP) is 1.82. The molecule has 0 aromatic heterocycles. The molecule has 0 aliphatic heterocycles. The Morgan fingerprint density at radius 3 is 2.46 bits per heavy atom. The summed E-state index contributed by atoms with van der Waals surface area (Å²) in [4.78, 5) is 0. The van der Waals surface area contributed by atoms with Gasteiger partial charge in [0.15, 0.2) is 0 Å². The molecule has 68 valence electrons. The van der Waals surface area contributed by atoms with Gasteiger partial charge in [0, 0.05) is 0 Å². The molecule has 0 radical (unpaired) electrons.